The summed E-state index contributed by atoms with van der Waals surface area (Å²) >= 11 is 0. The summed E-state index contributed by atoms with van der Waals surface area (Å²) in [6.07, 6.45) is 0.798. The number of alkyl halides is 3. The van der Waals surface area contributed by atoms with E-state index < -0.39 is 28.1 Å². The van der Waals surface area contributed by atoms with E-state index >= 15 is 0 Å². The topological polar surface area (TPSA) is 43.4 Å². The normalized spacial score (nSPS) is 14.7. The van der Waals surface area contributed by atoms with Gasteiger partial charge >= 0.3 is 15.6 Å². The monoisotopic (exact) mass is 222 g/mol. The summed E-state index contributed by atoms with van der Waals surface area (Å²) in [5.74, 6) is -1.09. The van der Waals surface area contributed by atoms with Gasteiger partial charge in [-0.3, -0.25) is 4.18 Å². The molecule has 0 saturated heterocycles. The Morgan fingerprint density at radius 2 is 1.92 bits per heavy atom. The molecular weight excluding hydrogens is 216 g/mol. The first-order valence-corrected chi connectivity index (χ1v) is 4.38. The van der Waals surface area contributed by atoms with Crippen LogP contribution >= 0.6 is 0 Å². The van der Waals surface area contributed by atoms with Crippen LogP contribution in [0.3, 0.4) is 0 Å². The van der Waals surface area contributed by atoms with Gasteiger partial charge in [0.05, 0.1) is 0 Å². The fraction of sp³-hybridized carbons (Fsp3) is 0.600. The Bertz CT molecular complexity index is 289. The summed E-state index contributed by atoms with van der Waals surface area (Å²) in [5.41, 5.74) is -5.51. The third kappa shape index (κ3) is 3.73. The van der Waals surface area contributed by atoms with Crippen LogP contribution in [0.2, 0.25) is 0 Å². The van der Waals surface area contributed by atoms with Crippen LogP contribution in [0, 0.1) is 0 Å². The number of allylic oxidation sites excluding steroid dienone is 1. The first-order valence-electron chi connectivity index (χ1n) is 2.97. The Hall–Kier alpha value is -0.630. The largest absolute Gasteiger partial charge is 0.523 e. The smallest absolute Gasteiger partial charge is 0.256 e. The summed E-state index contributed by atoms with van der Waals surface area (Å²) < 4.78 is 70.4. The van der Waals surface area contributed by atoms with E-state index in [0.717, 1.165) is 6.08 Å². The minimum Gasteiger partial charge on any atom is -0.256 e. The van der Waals surface area contributed by atoms with Gasteiger partial charge in [0.25, 0.3) is 0 Å². The van der Waals surface area contributed by atoms with Gasteiger partial charge in [-0.25, -0.2) is 4.39 Å². The zero-order valence-electron chi connectivity index (χ0n) is 6.43. The minimum atomic E-state index is -5.68. The van der Waals surface area contributed by atoms with Gasteiger partial charge < -0.3 is 0 Å². The maximum atomic E-state index is 12.2. The predicted molar refractivity (Wildman–Crippen MR) is 35.8 cm³/mol. The average Bonchev–Trinajstić information content (AvgIpc) is 1.98. The summed E-state index contributed by atoms with van der Waals surface area (Å²) in [7, 11) is -5.68. The molecule has 0 aromatic rings. The molecule has 0 aromatic heterocycles. The van der Waals surface area contributed by atoms with E-state index in [1.54, 1.807) is 0 Å². The Morgan fingerprint density at radius 3 is 2.23 bits per heavy atom. The first-order chi connectivity index (χ1) is 5.70. The molecule has 0 rings (SSSR count). The number of hydrogen-bond donors (Lipinski definition) is 0. The van der Waals surface area contributed by atoms with Crippen molar-refractivity contribution in [1.82, 2.24) is 0 Å². The van der Waals surface area contributed by atoms with Crippen LogP contribution in [0.4, 0.5) is 17.6 Å². The molecule has 0 bridgehead atoms. The molecule has 3 nitrogen and oxygen atoms in total. The van der Waals surface area contributed by atoms with Gasteiger partial charge in [-0.05, 0) is 6.92 Å². The van der Waals surface area contributed by atoms with Crippen LogP contribution in [0.5, 0.6) is 0 Å². The zero-order valence-corrected chi connectivity index (χ0v) is 7.25. The van der Waals surface area contributed by atoms with Crippen LogP contribution in [-0.4, -0.2) is 20.5 Å². The van der Waals surface area contributed by atoms with Crippen molar-refractivity contribution >= 4 is 10.1 Å². The number of halogens is 4. The molecule has 0 heterocycles. The Morgan fingerprint density at radius 1 is 1.46 bits per heavy atom. The van der Waals surface area contributed by atoms with E-state index in [-0.39, 0.29) is 0 Å². The van der Waals surface area contributed by atoms with Gasteiger partial charge in [0.2, 0.25) is 0 Å². The molecule has 0 fully saturated rings. The molecule has 0 saturated carbocycles. The molecule has 13 heavy (non-hydrogen) atoms. The highest BCUT2D eigenvalue weighted by Crippen LogP contribution is 2.24. The lowest BCUT2D eigenvalue weighted by Gasteiger charge is -2.06. The fourth-order valence-corrected chi connectivity index (χ4v) is 0.685. The lowest BCUT2D eigenvalue weighted by atomic mass is 10.5. The van der Waals surface area contributed by atoms with Crippen molar-refractivity contribution in [3.63, 3.8) is 0 Å². The second-order valence-electron chi connectivity index (χ2n) is 1.90. The third-order valence-corrected chi connectivity index (χ3v) is 1.94. The van der Waals surface area contributed by atoms with Crippen molar-refractivity contribution in [3.05, 3.63) is 11.9 Å². The summed E-state index contributed by atoms with van der Waals surface area (Å²) in [4.78, 5) is 0. The van der Waals surface area contributed by atoms with Gasteiger partial charge in [-0.1, -0.05) is 6.08 Å². The third-order valence-electron chi connectivity index (χ3n) is 0.949. The first kappa shape index (κ1) is 12.4. The van der Waals surface area contributed by atoms with E-state index in [4.69, 9.17) is 0 Å². The Labute approximate surface area is 72.1 Å². The van der Waals surface area contributed by atoms with Crippen LogP contribution in [0.15, 0.2) is 11.9 Å². The lowest BCUT2D eigenvalue weighted by molar-refractivity contribution is -0.0538. The summed E-state index contributed by atoms with van der Waals surface area (Å²) in [6.45, 7) is -0.0444. The minimum absolute atomic E-state index is 0.798. The highest BCUT2D eigenvalue weighted by atomic mass is 32.2. The maximum absolute atomic E-state index is 12.2. The molecule has 0 aromatic carbocycles. The second kappa shape index (κ2) is 4.05. The van der Waals surface area contributed by atoms with E-state index in [9.17, 15) is 26.0 Å². The highest BCUT2D eigenvalue weighted by Gasteiger charge is 2.47. The van der Waals surface area contributed by atoms with Crippen LogP contribution in [-0.2, 0) is 14.3 Å². The van der Waals surface area contributed by atoms with Crippen molar-refractivity contribution < 1.29 is 30.2 Å². The molecule has 0 N–H and O–H groups in total. The fourth-order valence-electron chi connectivity index (χ4n) is 0.284. The molecule has 78 valence electrons. The van der Waals surface area contributed by atoms with Crippen LogP contribution in [0.25, 0.3) is 0 Å². The summed E-state index contributed by atoms with van der Waals surface area (Å²) in [6, 6.07) is 0. The Kier molecular flexibility index (Phi) is 3.86. The van der Waals surface area contributed by atoms with E-state index in [1.165, 1.54) is 6.92 Å². The van der Waals surface area contributed by atoms with Gasteiger partial charge in [0, 0.05) is 0 Å². The molecule has 0 unspecified atom stereocenters. The van der Waals surface area contributed by atoms with Crippen molar-refractivity contribution in [2.75, 3.05) is 6.61 Å². The molecule has 0 amide bonds. The standard InChI is InChI=1S/C5H6F4O3S/c1-2-4(6)3-12-13(10,11)5(7,8)9/h2H,3H2,1H3/b4-2-. The van der Waals surface area contributed by atoms with E-state index in [2.05, 4.69) is 4.18 Å². The average molecular weight is 222 g/mol. The van der Waals surface area contributed by atoms with Gasteiger partial charge in [-0.15, -0.1) is 0 Å². The zero-order chi connectivity index (χ0) is 10.7. The molecule has 0 radical (unpaired) electrons. The number of hydrogen-bond acceptors (Lipinski definition) is 3. The van der Waals surface area contributed by atoms with Crippen molar-refractivity contribution in [2.24, 2.45) is 0 Å². The molecule has 0 aliphatic heterocycles. The molecule has 0 aliphatic carbocycles. The van der Waals surface area contributed by atoms with Gasteiger partial charge in [-0.2, -0.15) is 21.6 Å². The highest BCUT2D eigenvalue weighted by molar-refractivity contribution is 7.87. The molecule has 8 heteroatoms. The SMILES string of the molecule is C/C=C(\F)COS(=O)(=O)C(F)(F)F. The van der Waals surface area contributed by atoms with Gasteiger partial charge in [0.15, 0.2) is 0 Å². The molecular formula is C5H6F4O3S. The second-order valence-corrected chi connectivity index (χ2v) is 3.50. The lowest BCUT2D eigenvalue weighted by Crippen LogP contribution is -2.25. The van der Waals surface area contributed by atoms with Crippen LogP contribution < -0.4 is 0 Å². The predicted octanol–water partition coefficient (Wildman–Crippen LogP) is 1.73. The molecule has 0 aliphatic rings. The summed E-state index contributed by atoms with van der Waals surface area (Å²) in [5, 5.41) is 0. The van der Waals surface area contributed by atoms with E-state index in [0.29, 0.717) is 0 Å². The van der Waals surface area contributed by atoms with Crippen molar-refractivity contribution in [1.29, 1.82) is 0 Å². The Balaban J connectivity index is 4.39. The maximum Gasteiger partial charge on any atom is 0.523 e. The number of rotatable bonds is 3. The van der Waals surface area contributed by atoms with Crippen molar-refractivity contribution in [3.8, 4) is 0 Å². The van der Waals surface area contributed by atoms with Crippen LogP contribution in [0.1, 0.15) is 6.92 Å². The molecule has 0 atom stereocenters. The van der Waals surface area contributed by atoms with Gasteiger partial charge in [0.1, 0.15) is 12.4 Å². The van der Waals surface area contributed by atoms with E-state index in [1.807, 2.05) is 0 Å². The quantitative estimate of drug-likeness (QED) is 0.415. The molecule has 0 spiro atoms. The van der Waals surface area contributed by atoms with Crippen molar-refractivity contribution in [2.45, 2.75) is 12.4 Å².